The number of hydrogen-bond acceptors (Lipinski definition) is 6. The maximum absolute atomic E-state index is 10.6. The summed E-state index contributed by atoms with van der Waals surface area (Å²) < 4.78 is 20.2. The zero-order valence-corrected chi connectivity index (χ0v) is 14.2. The molecule has 0 aromatic carbocycles. The summed E-state index contributed by atoms with van der Waals surface area (Å²) in [6, 6.07) is 0. The van der Waals surface area contributed by atoms with Crippen molar-refractivity contribution < 1.29 is 46.3 Å². The summed E-state index contributed by atoms with van der Waals surface area (Å²) in [5.41, 5.74) is 10.3. The first kappa shape index (κ1) is 20.5. The van der Waals surface area contributed by atoms with Gasteiger partial charge in [-0.1, -0.05) is 0 Å². The summed E-state index contributed by atoms with van der Waals surface area (Å²) in [5, 5.41) is 3.03. The molecule has 1 aliphatic rings. The van der Waals surface area contributed by atoms with Crippen LogP contribution in [0.1, 0.15) is 19.3 Å². The van der Waals surface area contributed by atoms with Crippen molar-refractivity contribution >= 4 is 8.25 Å². The van der Waals surface area contributed by atoms with Gasteiger partial charge in [-0.3, -0.25) is 4.57 Å². The van der Waals surface area contributed by atoms with Gasteiger partial charge in [0.15, 0.2) is 0 Å². The fourth-order valence-electron chi connectivity index (χ4n) is 1.06. The fourth-order valence-corrected chi connectivity index (χ4v) is 1.77. The van der Waals surface area contributed by atoms with Crippen molar-refractivity contribution in [3.8, 4) is 0 Å². The first-order valence-electron chi connectivity index (χ1n) is 5.71. The van der Waals surface area contributed by atoms with Crippen molar-refractivity contribution in [2.75, 3.05) is 39.4 Å². The summed E-state index contributed by atoms with van der Waals surface area (Å²) in [6.07, 6.45) is 3.15. The molecule has 0 unspecified atom stereocenters. The maximum atomic E-state index is 10.6. The summed E-state index contributed by atoms with van der Waals surface area (Å²) in [5.74, 6) is 0. The second kappa shape index (κ2) is 17.1. The molecule has 0 aromatic rings. The van der Waals surface area contributed by atoms with Gasteiger partial charge < -0.3 is 25.8 Å². The zero-order chi connectivity index (χ0) is 12.1. The topological polar surface area (TPSA) is 99.6 Å². The maximum Gasteiger partial charge on any atom is 0.319 e. The van der Waals surface area contributed by atoms with E-state index in [2.05, 4.69) is 5.32 Å². The van der Waals surface area contributed by atoms with Crippen LogP contribution in [0.5, 0.6) is 0 Å². The van der Waals surface area contributed by atoms with Crippen LogP contribution in [0.15, 0.2) is 0 Å². The molecule has 0 aliphatic carbocycles. The first-order chi connectivity index (χ1) is 7.81. The van der Waals surface area contributed by atoms with Crippen LogP contribution in [0.3, 0.4) is 0 Å². The Balaban J connectivity index is 0. The molecule has 8 heteroatoms. The van der Waals surface area contributed by atoms with Gasteiger partial charge in [-0.15, -0.1) is 0 Å². The molecule has 1 saturated heterocycles. The molecule has 0 atom stereocenters. The van der Waals surface area contributed by atoms with Crippen LogP contribution in [0.4, 0.5) is 0 Å². The second-order valence-corrected chi connectivity index (χ2v) is 4.41. The molecular weight excluding hydrogens is 318 g/mol. The standard InChI is InChI=1S/C5H11O3P.C4H13N3.Y/c6-9-7-4-2-1-3-5-8-9;5-1-3-7-4-2-6;/h9H,1-5H2;7H,1-6H2;. The van der Waals surface area contributed by atoms with Crippen molar-refractivity contribution in [1.29, 1.82) is 0 Å². The van der Waals surface area contributed by atoms with E-state index in [1.807, 2.05) is 0 Å². The minimum Gasteiger partial charge on any atom is -0.329 e. The van der Waals surface area contributed by atoms with Crippen LogP contribution in [0, 0.1) is 0 Å². The molecule has 0 spiro atoms. The first-order valence-corrected chi connectivity index (χ1v) is 6.94. The number of nitrogens with one attached hydrogen (secondary N) is 1. The third-order valence-corrected chi connectivity index (χ3v) is 2.75. The van der Waals surface area contributed by atoms with Crippen molar-refractivity contribution in [3.05, 3.63) is 0 Å². The van der Waals surface area contributed by atoms with E-state index in [0.29, 0.717) is 26.3 Å². The SMILES string of the molecule is NCCNCCN.O=[PH]1OCCCCCO1.[Y]. The van der Waals surface area contributed by atoms with Crippen LogP contribution in [-0.2, 0) is 46.3 Å². The van der Waals surface area contributed by atoms with Crippen LogP contribution in [0.2, 0.25) is 0 Å². The number of nitrogens with two attached hydrogens (primary N) is 2. The number of rotatable bonds is 4. The molecule has 0 amide bonds. The predicted octanol–water partition coefficient (Wildman–Crippen LogP) is 0.0841. The van der Waals surface area contributed by atoms with Gasteiger partial charge in [0.25, 0.3) is 0 Å². The molecule has 6 nitrogen and oxygen atoms in total. The predicted molar refractivity (Wildman–Crippen MR) is 65.7 cm³/mol. The molecule has 0 saturated carbocycles. The van der Waals surface area contributed by atoms with E-state index in [0.717, 1.165) is 32.4 Å². The van der Waals surface area contributed by atoms with Crippen molar-refractivity contribution in [3.63, 3.8) is 0 Å². The van der Waals surface area contributed by atoms with Gasteiger partial charge in [0.1, 0.15) is 0 Å². The smallest absolute Gasteiger partial charge is 0.319 e. The Morgan fingerprint density at radius 2 is 1.47 bits per heavy atom. The Morgan fingerprint density at radius 3 is 1.88 bits per heavy atom. The van der Waals surface area contributed by atoms with Gasteiger partial charge in [0, 0.05) is 58.9 Å². The van der Waals surface area contributed by atoms with Crippen molar-refractivity contribution in [2.24, 2.45) is 11.5 Å². The Hall–Kier alpha value is 1.13. The van der Waals surface area contributed by atoms with E-state index >= 15 is 0 Å². The molecule has 1 fully saturated rings. The Labute approximate surface area is 129 Å². The molecule has 1 aliphatic heterocycles. The van der Waals surface area contributed by atoms with Gasteiger partial charge in [-0.2, -0.15) is 0 Å². The zero-order valence-electron chi connectivity index (χ0n) is 10.3. The van der Waals surface area contributed by atoms with Gasteiger partial charge >= 0.3 is 8.25 Å². The largest absolute Gasteiger partial charge is 0.329 e. The van der Waals surface area contributed by atoms with Crippen LogP contribution in [-0.4, -0.2) is 39.4 Å². The van der Waals surface area contributed by atoms with E-state index in [-0.39, 0.29) is 32.7 Å². The summed E-state index contributed by atoms with van der Waals surface area (Å²) in [6.45, 7) is 4.32. The minimum absolute atomic E-state index is 0. The molecule has 0 aromatic heterocycles. The van der Waals surface area contributed by atoms with Crippen LogP contribution in [0.25, 0.3) is 0 Å². The average Bonchev–Trinajstić information content (AvgIpc) is 2.25. The molecule has 1 heterocycles. The summed E-state index contributed by atoms with van der Waals surface area (Å²) in [7, 11) is -2.10. The van der Waals surface area contributed by atoms with E-state index in [4.69, 9.17) is 20.5 Å². The fraction of sp³-hybridized carbons (Fsp3) is 1.00. The number of hydrogen-bond donors (Lipinski definition) is 3. The Bertz CT molecular complexity index is 164. The normalized spacial score (nSPS) is 17.1. The van der Waals surface area contributed by atoms with Crippen LogP contribution < -0.4 is 16.8 Å². The molecule has 1 rings (SSSR count). The van der Waals surface area contributed by atoms with E-state index < -0.39 is 8.25 Å². The van der Waals surface area contributed by atoms with E-state index in [9.17, 15) is 4.57 Å². The Kier molecular flexibility index (Phi) is 20.6. The van der Waals surface area contributed by atoms with Gasteiger partial charge in [-0.05, 0) is 19.3 Å². The minimum atomic E-state index is -2.10. The molecule has 1 radical (unpaired) electrons. The molecule has 0 bridgehead atoms. The third kappa shape index (κ3) is 17.1. The monoisotopic (exact) mass is 342 g/mol. The summed E-state index contributed by atoms with van der Waals surface area (Å²) >= 11 is 0. The molecule has 17 heavy (non-hydrogen) atoms. The van der Waals surface area contributed by atoms with Crippen LogP contribution >= 0.6 is 8.25 Å². The van der Waals surface area contributed by atoms with E-state index in [1.165, 1.54) is 0 Å². The Morgan fingerprint density at radius 1 is 1.00 bits per heavy atom. The van der Waals surface area contributed by atoms with Gasteiger partial charge in [0.2, 0.25) is 0 Å². The summed E-state index contributed by atoms with van der Waals surface area (Å²) in [4.78, 5) is 0. The van der Waals surface area contributed by atoms with Crippen molar-refractivity contribution in [2.45, 2.75) is 19.3 Å². The third-order valence-electron chi connectivity index (χ3n) is 1.87. The van der Waals surface area contributed by atoms with E-state index in [1.54, 1.807) is 0 Å². The molecule has 101 valence electrons. The van der Waals surface area contributed by atoms with Crippen molar-refractivity contribution in [1.82, 2.24) is 5.32 Å². The second-order valence-electron chi connectivity index (χ2n) is 3.33. The molecule has 5 N–H and O–H groups in total. The average molecular weight is 342 g/mol. The molecular formula is C9H24N3O3PY. The van der Waals surface area contributed by atoms with Gasteiger partial charge in [0.05, 0.1) is 13.2 Å². The van der Waals surface area contributed by atoms with Gasteiger partial charge in [-0.25, -0.2) is 0 Å². The quantitative estimate of drug-likeness (QED) is 0.494.